The minimum Gasteiger partial charge on any atom is -0.339 e. The SMILES string of the molecule is CC[C@@H]1CCCCN1C(=O)CSc1nc(=O)c2c(C)cc(C)nc2n1C1CC1. The summed E-state index contributed by atoms with van der Waals surface area (Å²) in [5.41, 5.74) is 2.30. The van der Waals surface area contributed by atoms with Crippen LogP contribution in [0.25, 0.3) is 11.0 Å². The van der Waals surface area contributed by atoms with E-state index < -0.39 is 0 Å². The first kappa shape index (κ1) is 19.4. The summed E-state index contributed by atoms with van der Waals surface area (Å²) in [6, 6.07) is 2.62. The number of aryl methyl sites for hydroxylation is 2. The Kier molecular flexibility index (Phi) is 5.45. The number of amides is 1. The van der Waals surface area contributed by atoms with Gasteiger partial charge in [-0.3, -0.25) is 9.59 Å². The summed E-state index contributed by atoms with van der Waals surface area (Å²) in [5.74, 6) is 0.480. The van der Waals surface area contributed by atoms with Gasteiger partial charge in [-0.05, 0) is 64.0 Å². The van der Waals surface area contributed by atoms with Crippen LogP contribution in [0.3, 0.4) is 0 Å². The number of hydrogen-bond donors (Lipinski definition) is 0. The Balaban J connectivity index is 1.65. The third-order valence-electron chi connectivity index (χ3n) is 5.83. The summed E-state index contributed by atoms with van der Waals surface area (Å²) < 4.78 is 2.10. The molecule has 2 fully saturated rings. The lowest BCUT2D eigenvalue weighted by atomic mass is 10.0. The molecule has 1 saturated heterocycles. The fourth-order valence-electron chi connectivity index (χ4n) is 4.27. The maximum absolute atomic E-state index is 12.9. The van der Waals surface area contributed by atoms with Gasteiger partial charge in [-0.2, -0.15) is 4.98 Å². The van der Waals surface area contributed by atoms with Crippen LogP contribution in [0, 0.1) is 13.8 Å². The molecule has 1 aliphatic heterocycles. The van der Waals surface area contributed by atoms with Gasteiger partial charge in [0.25, 0.3) is 5.56 Å². The Bertz CT molecular complexity index is 967. The van der Waals surface area contributed by atoms with Gasteiger partial charge in [0.2, 0.25) is 5.91 Å². The molecule has 0 unspecified atom stereocenters. The molecule has 0 spiro atoms. The van der Waals surface area contributed by atoms with Crippen LogP contribution in [0.4, 0.5) is 0 Å². The van der Waals surface area contributed by atoms with Crippen LogP contribution in [0.15, 0.2) is 16.0 Å². The summed E-state index contributed by atoms with van der Waals surface area (Å²) in [4.78, 5) is 36.6. The van der Waals surface area contributed by atoms with Gasteiger partial charge in [0.15, 0.2) is 5.16 Å². The van der Waals surface area contributed by atoms with Crippen molar-refractivity contribution in [2.24, 2.45) is 0 Å². The Labute approximate surface area is 169 Å². The first-order valence-corrected chi connectivity index (χ1v) is 11.3. The zero-order valence-corrected chi connectivity index (χ0v) is 17.7. The molecule has 2 aromatic heterocycles. The van der Waals surface area contributed by atoms with Crippen LogP contribution in [-0.4, -0.2) is 43.7 Å². The smallest absolute Gasteiger partial charge is 0.283 e. The number of likely N-dealkylation sites (tertiary alicyclic amines) is 1. The monoisotopic (exact) mass is 400 g/mol. The van der Waals surface area contributed by atoms with E-state index in [9.17, 15) is 9.59 Å². The Morgan fingerprint density at radius 1 is 1.21 bits per heavy atom. The van der Waals surface area contributed by atoms with E-state index in [1.165, 1.54) is 18.2 Å². The van der Waals surface area contributed by atoms with Crippen molar-refractivity contribution >= 4 is 28.7 Å². The molecule has 1 aliphatic carbocycles. The van der Waals surface area contributed by atoms with Gasteiger partial charge >= 0.3 is 0 Å². The van der Waals surface area contributed by atoms with Crippen LogP contribution in [0.1, 0.15) is 62.7 Å². The lowest BCUT2D eigenvalue weighted by Gasteiger charge is -2.35. The number of fused-ring (bicyclic) bond motifs is 1. The number of aromatic nitrogens is 3. The maximum atomic E-state index is 12.9. The van der Waals surface area contributed by atoms with Crippen molar-refractivity contribution in [3.63, 3.8) is 0 Å². The highest BCUT2D eigenvalue weighted by Gasteiger charge is 2.30. The van der Waals surface area contributed by atoms with Crippen molar-refractivity contribution in [1.29, 1.82) is 0 Å². The van der Waals surface area contributed by atoms with E-state index in [4.69, 9.17) is 0 Å². The van der Waals surface area contributed by atoms with E-state index >= 15 is 0 Å². The van der Waals surface area contributed by atoms with Crippen molar-refractivity contribution in [2.75, 3.05) is 12.3 Å². The molecule has 0 N–H and O–H groups in total. The van der Waals surface area contributed by atoms with Gasteiger partial charge in [0, 0.05) is 24.3 Å². The van der Waals surface area contributed by atoms with Crippen LogP contribution in [0.2, 0.25) is 0 Å². The second-order valence-electron chi connectivity index (χ2n) is 8.01. The topological polar surface area (TPSA) is 68.1 Å². The zero-order valence-electron chi connectivity index (χ0n) is 16.9. The van der Waals surface area contributed by atoms with Crippen molar-refractivity contribution < 1.29 is 4.79 Å². The normalized spacial score (nSPS) is 20.0. The number of carbonyl (C=O) groups excluding carboxylic acids is 1. The third kappa shape index (κ3) is 3.69. The molecule has 0 bridgehead atoms. The van der Waals surface area contributed by atoms with Gasteiger partial charge in [0.05, 0.1) is 11.1 Å². The molecule has 1 atom stereocenters. The molecule has 2 aromatic rings. The van der Waals surface area contributed by atoms with Crippen molar-refractivity contribution in [1.82, 2.24) is 19.4 Å². The average Bonchev–Trinajstić information content (AvgIpc) is 3.50. The molecule has 28 heavy (non-hydrogen) atoms. The number of nitrogens with zero attached hydrogens (tertiary/aromatic N) is 4. The quantitative estimate of drug-likeness (QED) is 0.566. The highest BCUT2D eigenvalue weighted by Crippen LogP contribution is 2.39. The molecule has 7 heteroatoms. The van der Waals surface area contributed by atoms with Crippen molar-refractivity contribution in [2.45, 2.75) is 76.5 Å². The van der Waals surface area contributed by atoms with E-state index in [-0.39, 0.29) is 11.5 Å². The summed E-state index contributed by atoms with van der Waals surface area (Å²) in [6.07, 6.45) is 6.51. The fraction of sp³-hybridized carbons (Fsp3) is 0.619. The van der Waals surface area contributed by atoms with Crippen molar-refractivity contribution in [3.05, 3.63) is 27.7 Å². The van der Waals surface area contributed by atoms with E-state index in [1.54, 1.807) is 0 Å². The van der Waals surface area contributed by atoms with E-state index in [1.807, 2.05) is 24.8 Å². The third-order valence-corrected chi connectivity index (χ3v) is 6.76. The van der Waals surface area contributed by atoms with Gasteiger partial charge in [0.1, 0.15) is 5.65 Å². The zero-order chi connectivity index (χ0) is 19.8. The number of rotatable bonds is 5. The second-order valence-corrected chi connectivity index (χ2v) is 8.96. The first-order valence-electron chi connectivity index (χ1n) is 10.3. The standard InChI is InChI=1S/C21H28N4O2S/c1-4-15-7-5-6-10-24(15)17(26)12-28-21-23-20(27)18-13(2)11-14(3)22-19(18)25(21)16-8-9-16/h11,15-16H,4-10,12H2,1-3H3/t15-/m1/s1. The summed E-state index contributed by atoms with van der Waals surface area (Å²) in [5, 5.41) is 1.24. The van der Waals surface area contributed by atoms with Gasteiger partial charge in [-0.15, -0.1) is 0 Å². The molecule has 6 nitrogen and oxygen atoms in total. The maximum Gasteiger partial charge on any atom is 0.283 e. The Morgan fingerprint density at radius 3 is 2.71 bits per heavy atom. The van der Waals surface area contributed by atoms with E-state index in [0.717, 1.165) is 55.6 Å². The predicted octanol–water partition coefficient (Wildman–Crippen LogP) is 3.63. The van der Waals surface area contributed by atoms with E-state index in [2.05, 4.69) is 21.5 Å². The fourth-order valence-corrected chi connectivity index (χ4v) is 5.21. The molecule has 2 aliphatic rings. The largest absolute Gasteiger partial charge is 0.339 e. The highest BCUT2D eigenvalue weighted by atomic mass is 32.2. The van der Waals surface area contributed by atoms with Crippen LogP contribution in [-0.2, 0) is 4.79 Å². The molecular formula is C21H28N4O2S. The minimum atomic E-state index is -0.240. The molecule has 3 heterocycles. The predicted molar refractivity (Wildman–Crippen MR) is 112 cm³/mol. The molecule has 1 saturated carbocycles. The Morgan fingerprint density at radius 2 is 2.00 bits per heavy atom. The molecular weight excluding hydrogens is 372 g/mol. The molecule has 1 amide bonds. The summed E-state index contributed by atoms with van der Waals surface area (Å²) >= 11 is 1.39. The Hall–Kier alpha value is -1.89. The number of hydrogen-bond acceptors (Lipinski definition) is 5. The van der Waals surface area contributed by atoms with Gasteiger partial charge in [-0.25, -0.2) is 4.98 Å². The average molecular weight is 401 g/mol. The number of piperidine rings is 1. The van der Waals surface area contributed by atoms with Crippen LogP contribution < -0.4 is 5.56 Å². The van der Waals surface area contributed by atoms with Crippen molar-refractivity contribution in [3.8, 4) is 0 Å². The molecule has 150 valence electrons. The molecule has 0 radical (unpaired) electrons. The van der Waals surface area contributed by atoms with Gasteiger partial charge < -0.3 is 9.47 Å². The lowest BCUT2D eigenvalue weighted by Crippen LogP contribution is -2.44. The molecule has 4 rings (SSSR count). The van der Waals surface area contributed by atoms with Crippen LogP contribution >= 0.6 is 11.8 Å². The summed E-state index contributed by atoms with van der Waals surface area (Å²) in [7, 11) is 0. The van der Waals surface area contributed by atoms with Gasteiger partial charge in [-0.1, -0.05) is 18.7 Å². The number of pyridine rings is 1. The summed E-state index contributed by atoms with van der Waals surface area (Å²) in [6.45, 7) is 6.88. The molecule has 0 aromatic carbocycles. The number of thioether (sulfide) groups is 1. The second kappa shape index (κ2) is 7.85. The number of carbonyl (C=O) groups is 1. The van der Waals surface area contributed by atoms with Crippen LogP contribution in [0.5, 0.6) is 0 Å². The van der Waals surface area contributed by atoms with E-state index in [0.29, 0.717) is 28.4 Å². The highest BCUT2D eigenvalue weighted by molar-refractivity contribution is 7.99. The first-order chi connectivity index (χ1) is 13.5. The lowest BCUT2D eigenvalue weighted by molar-refractivity contribution is -0.132. The minimum absolute atomic E-state index is 0.154.